The van der Waals surface area contributed by atoms with E-state index in [1.807, 2.05) is 25.1 Å². The molecule has 0 aliphatic carbocycles. The van der Waals surface area contributed by atoms with Crippen LogP contribution in [0, 0.1) is 6.92 Å². The van der Waals surface area contributed by atoms with Crippen LogP contribution in [0.15, 0.2) is 42.5 Å². The molecule has 0 heterocycles. The average Bonchev–Trinajstić information content (AvgIpc) is 2.48. The van der Waals surface area contributed by atoms with Gasteiger partial charge >= 0.3 is 5.97 Å². The zero-order chi connectivity index (χ0) is 14.5. The summed E-state index contributed by atoms with van der Waals surface area (Å²) in [6.07, 6.45) is 0. The first kappa shape index (κ1) is 14.4. The van der Waals surface area contributed by atoms with Crippen molar-refractivity contribution in [2.75, 3.05) is 7.11 Å². The number of ether oxygens (including phenoxy) is 2. The van der Waals surface area contributed by atoms with E-state index in [9.17, 15) is 4.79 Å². The molecule has 0 unspecified atom stereocenters. The maximum Gasteiger partial charge on any atom is 0.338 e. The zero-order valence-electron chi connectivity index (χ0n) is 11.4. The molecule has 0 radical (unpaired) electrons. The Morgan fingerprint density at radius 3 is 2.65 bits per heavy atom. The highest BCUT2D eigenvalue weighted by atomic mass is 35.5. The number of carbonyl (C=O) groups excluding carboxylic acids is 1. The third-order valence-corrected chi connectivity index (χ3v) is 3.37. The standard InChI is InChI=1S/C16H15ClO3/c1-11-9-13(7-8-15(11)17)20-10-12-5-3-4-6-14(12)16(18)19-2/h3-9H,10H2,1-2H3. The van der Waals surface area contributed by atoms with Gasteiger partial charge < -0.3 is 9.47 Å². The fourth-order valence-electron chi connectivity index (χ4n) is 1.82. The minimum Gasteiger partial charge on any atom is -0.489 e. The van der Waals surface area contributed by atoms with Crippen LogP contribution >= 0.6 is 11.6 Å². The van der Waals surface area contributed by atoms with E-state index in [4.69, 9.17) is 21.1 Å². The number of benzene rings is 2. The molecule has 0 saturated heterocycles. The molecule has 0 aliphatic rings. The molecule has 4 heteroatoms. The molecule has 0 aliphatic heterocycles. The number of hydrogen-bond donors (Lipinski definition) is 0. The normalized spacial score (nSPS) is 10.2. The highest BCUT2D eigenvalue weighted by Crippen LogP contribution is 2.22. The molecule has 0 fully saturated rings. The molecule has 3 nitrogen and oxygen atoms in total. The lowest BCUT2D eigenvalue weighted by Crippen LogP contribution is -2.07. The van der Waals surface area contributed by atoms with Gasteiger partial charge in [-0.05, 0) is 36.8 Å². The average molecular weight is 291 g/mol. The predicted molar refractivity (Wildman–Crippen MR) is 78.3 cm³/mol. The molecule has 0 atom stereocenters. The number of methoxy groups -OCH3 is 1. The highest BCUT2D eigenvalue weighted by molar-refractivity contribution is 6.31. The van der Waals surface area contributed by atoms with E-state index in [-0.39, 0.29) is 5.97 Å². The Balaban J connectivity index is 2.14. The predicted octanol–water partition coefficient (Wildman–Crippen LogP) is 4.01. The van der Waals surface area contributed by atoms with Gasteiger partial charge in [0, 0.05) is 10.6 Å². The van der Waals surface area contributed by atoms with E-state index in [1.165, 1.54) is 7.11 Å². The van der Waals surface area contributed by atoms with Gasteiger partial charge in [-0.3, -0.25) is 0 Å². The number of carbonyl (C=O) groups is 1. The summed E-state index contributed by atoms with van der Waals surface area (Å²) in [5, 5.41) is 0.701. The Morgan fingerprint density at radius 1 is 1.20 bits per heavy atom. The smallest absolute Gasteiger partial charge is 0.338 e. The first-order valence-corrected chi connectivity index (χ1v) is 6.55. The maximum absolute atomic E-state index is 11.6. The number of halogens is 1. The Labute approximate surface area is 123 Å². The Kier molecular flexibility index (Phi) is 4.64. The van der Waals surface area contributed by atoms with Crippen molar-refractivity contribution < 1.29 is 14.3 Å². The SMILES string of the molecule is COC(=O)c1ccccc1COc1ccc(Cl)c(C)c1. The van der Waals surface area contributed by atoms with Crippen LogP contribution in [0.5, 0.6) is 5.75 Å². The monoisotopic (exact) mass is 290 g/mol. The summed E-state index contributed by atoms with van der Waals surface area (Å²) in [6, 6.07) is 12.7. The van der Waals surface area contributed by atoms with Gasteiger partial charge in [0.15, 0.2) is 0 Å². The topological polar surface area (TPSA) is 35.5 Å². The lowest BCUT2D eigenvalue weighted by molar-refractivity contribution is 0.0597. The second-order valence-corrected chi connectivity index (χ2v) is 4.76. The van der Waals surface area contributed by atoms with Crippen molar-refractivity contribution in [3.05, 3.63) is 64.2 Å². The molecular formula is C16H15ClO3. The van der Waals surface area contributed by atoms with Crippen LogP contribution in [0.3, 0.4) is 0 Å². The van der Waals surface area contributed by atoms with Gasteiger partial charge in [0.2, 0.25) is 0 Å². The van der Waals surface area contributed by atoms with Crippen molar-refractivity contribution in [2.24, 2.45) is 0 Å². The van der Waals surface area contributed by atoms with Crippen molar-refractivity contribution in [3.63, 3.8) is 0 Å². The Hall–Kier alpha value is -2.00. The van der Waals surface area contributed by atoms with Crippen molar-refractivity contribution in [1.29, 1.82) is 0 Å². The fraction of sp³-hybridized carbons (Fsp3) is 0.188. The summed E-state index contributed by atoms with van der Waals surface area (Å²) in [4.78, 5) is 11.6. The minimum atomic E-state index is -0.364. The molecule has 2 aromatic rings. The summed E-state index contributed by atoms with van der Waals surface area (Å²) in [5.74, 6) is 0.350. The van der Waals surface area contributed by atoms with Gasteiger partial charge in [-0.15, -0.1) is 0 Å². The third kappa shape index (κ3) is 3.31. The Morgan fingerprint density at radius 2 is 1.95 bits per heavy atom. The molecule has 0 amide bonds. The van der Waals surface area contributed by atoms with E-state index in [0.717, 1.165) is 11.1 Å². The first-order chi connectivity index (χ1) is 9.61. The van der Waals surface area contributed by atoms with Crippen LogP contribution in [0.1, 0.15) is 21.5 Å². The van der Waals surface area contributed by atoms with Crippen molar-refractivity contribution in [2.45, 2.75) is 13.5 Å². The van der Waals surface area contributed by atoms with Gasteiger partial charge in [0.05, 0.1) is 12.7 Å². The van der Waals surface area contributed by atoms with Gasteiger partial charge in [-0.25, -0.2) is 4.79 Å². The molecule has 2 rings (SSSR count). The third-order valence-electron chi connectivity index (χ3n) is 2.95. The zero-order valence-corrected chi connectivity index (χ0v) is 12.1. The van der Waals surface area contributed by atoms with Gasteiger partial charge in [0.1, 0.15) is 12.4 Å². The highest BCUT2D eigenvalue weighted by Gasteiger charge is 2.11. The number of hydrogen-bond acceptors (Lipinski definition) is 3. The molecule has 0 bridgehead atoms. The molecule has 104 valence electrons. The second kappa shape index (κ2) is 6.44. The molecule has 0 saturated carbocycles. The summed E-state index contributed by atoms with van der Waals surface area (Å²) < 4.78 is 10.4. The van der Waals surface area contributed by atoms with E-state index in [1.54, 1.807) is 24.3 Å². The summed E-state index contributed by atoms with van der Waals surface area (Å²) in [7, 11) is 1.36. The number of esters is 1. The molecular weight excluding hydrogens is 276 g/mol. The van der Waals surface area contributed by atoms with Gasteiger partial charge in [-0.1, -0.05) is 29.8 Å². The van der Waals surface area contributed by atoms with E-state index < -0.39 is 0 Å². The van der Waals surface area contributed by atoms with Crippen molar-refractivity contribution >= 4 is 17.6 Å². The molecule has 0 spiro atoms. The van der Waals surface area contributed by atoms with Crippen LogP contribution in [-0.4, -0.2) is 13.1 Å². The summed E-state index contributed by atoms with van der Waals surface area (Å²) in [5.41, 5.74) is 2.25. The Bertz CT molecular complexity index is 623. The van der Waals surface area contributed by atoms with E-state index >= 15 is 0 Å². The van der Waals surface area contributed by atoms with E-state index in [2.05, 4.69) is 0 Å². The number of rotatable bonds is 4. The lowest BCUT2D eigenvalue weighted by atomic mass is 10.1. The van der Waals surface area contributed by atoms with Crippen LogP contribution < -0.4 is 4.74 Å². The fourth-order valence-corrected chi connectivity index (χ4v) is 1.94. The van der Waals surface area contributed by atoms with Crippen LogP contribution in [0.2, 0.25) is 5.02 Å². The molecule has 0 N–H and O–H groups in total. The van der Waals surface area contributed by atoms with Crippen molar-refractivity contribution in [1.82, 2.24) is 0 Å². The molecule has 0 aromatic heterocycles. The van der Waals surface area contributed by atoms with Crippen LogP contribution in [-0.2, 0) is 11.3 Å². The first-order valence-electron chi connectivity index (χ1n) is 6.17. The molecule has 20 heavy (non-hydrogen) atoms. The maximum atomic E-state index is 11.6. The summed E-state index contributed by atoms with van der Waals surface area (Å²) >= 11 is 5.97. The summed E-state index contributed by atoms with van der Waals surface area (Å²) in [6.45, 7) is 2.21. The van der Waals surface area contributed by atoms with Crippen LogP contribution in [0.4, 0.5) is 0 Å². The van der Waals surface area contributed by atoms with Gasteiger partial charge in [0.25, 0.3) is 0 Å². The van der Waals surface area contributed by atoms with Gasteiger partial charge in [-0.2, -0.15) is 0 Å². The van der Waals surface area contributed by atoms with Crippen LogP contribution in [0.25, 0.3) is 0 Å². The van der Waals surface area contributed by atoms with E-state index in [0.29, 0.717) is 22.9 Å². The molecule has 2 aromatic carbocycles. The minimum absolute atomic E-state index is 0.298. The second-order valence-electron chi connectivity index (χ2n) is 4.35. The lowest BCUT2D eigenvalue weighted by Gasteiger charge is -2.10. The van der Waals surface area contributed by atoms with Crippen molar-refractivity contribution in [3.8, 4) is 5.75 Å². The quantitative estimate of drug-likeness (QED) is 0.798. The number of aryl methyl sites for hydroxylation is 1. The largest absolute Gasteiger partial charge is 0.489 e.